The van der Waals surface area contributed by atoms with Crippen molar-refractivity contribution in [1.82, 2.24) is 4.90 Å². The lowest BCUT2D eigenvalue weighted by Crippen LogP contribution is -2.53. The maximum absolute atomic E-state index is 14.1. The SMILES string of the molecule is O=C1C=C(Br)[C@@](O)(CCCCCCO)O[C@H]1[C@H](Cc1ccccc1)C(=O)N1C(=O)OC[C@@H]1Cc1ccccc1. The molecule has 0 aromatic heterocycles. The van der Waals surface area contributed by atoms with Gasteiger partial charge in [0.1, 0.15) is 12.7 Å². The molecule has 0 bridgehead atoms. The fourth-order valence-corrected chi connectivity index (χ4v) is 5.59. The minimum atomic E-state index is -1.79. The average molecular weight is 601 g/mol. The molecule has 39 heavy (non-hydrogen) atoms. The van der Waals surface area contributed by atoms with Gasteiger partial charge in [-0.25, -0.2) is 9.69 Å². The predicted molar refractivity (Wildman–Crippen MR) is 148 cm³/mol. The van der Waals surface area contributed by atoms with Crippen LogP contribution in [0.5, 0.6) is 0 Å². The molecule has 0 radical (unpaired) electrons. The van der Waals surface area contributed by atoms with Crippen LogP contribution in [0, 0.1) is 5.92 Å². The summed E-state index contributed by atoms with van der Waals surface area (Å²) in [4.78, 5) is 41.3. The van der Waals surface area contributed by atoms with Gasteiger partial charge >= 0.3 is 6.09 Å². The Bertz CT molecular complexity index is 1170. The molecule has 4 atom stereocenters. The highest BCUT2D eigenvalue weighted by molar-refractivity contribution is 9.11. The Morgan fingerprint density at radius 1 is 1.00 bits per heavy atom. The summed E-state index contributed by atoms with van der Waals surface area (Å²) in [6, 6.07) is 18.2. The number of carbonyl (C=O) groups is 3. The van der Waals surface area contributed by atoms with Crippen LogP contribution in [0.3, 0.4) is 0 Å². The molecule has 0 aliphatic carbocycles. The third-order valence-electron chi connectivity index (χ3n) is 7.16. The molecule has 8 nitrogen and oxygen atoms in total. The monoisotopic (exact) mass is 599 g/mol. The number of cyclic esters (lactones) is 1. The van der Waals surface area contributed by atoms with Gasteiger partial charge in [-0.1, -0.05) is 73.5 Å². The maximum Gasteiger partial charge on any atom is 0.416 e. The zero-order chi connectivity index (χ0) is 27.8. The van der Waals surface area contributed by atoms with Crippen molar-refractivity contribution in [3.8, 4) is 0 Å². The molecular formula is C30H34BrNO7. The number of aliphatic hydroxyl groups excluding tert-OH is 1. The van der Waals surface area contributed by atoms with Gasteiger partial charge in [0, 0.05) is 13.0 Å². The van der Waals surface area contributed by atoms with Gasteiger partial charge in [-0.15, -0.1) is 0 Å². The van der Waals surface area contributed by atoms with Crippen molar-refractivity contribution in [1.29, 1.82) is 0 Å². The highest BCUT2D eigenvalue weighted by atomic mass is 79.9. The molecule has 9 heteroatoms. The number of hydrogen-bond acceptors (Lipinski definition) is 7. The second kappa shape index (κ2) is 13.5. The van der Waals surface area contributed by atoms with Crippen LogP contribution in [0.15, 0.2) is 71.2 Å². The number of unbranched alkanes of at least 4 members (excludes halogenated alkanes) is 3. The third kappa shape index (κ3) is 7.22. The average Bonchev–Trinajstić information content (AvgIpc) is 3.30. The number of aliphatic hydroxyl groups is 2. The molecule has 2 aromatic carbocycles. The summed E-state index contributed by atoms with van der Waals surface area (Å²) in [7, 11) is 0. The van der Waals surface area contributed by atoms with Gasteiger partial charge < -0.3 is 19.7 Å². The Morgan fingerprint density at radius 2 is 1.64 bits per heavy atom. The molecule has 2 aliphatic rings. The first-order valence-electron chi connectivity index (χ1n) is 13.3. The number of halogens is 1. The molecule has 4 rings (SSSR count). The van der Waals surface area contributed by atoms with E-state index in [2.05, 4.69) is 15.9 Å². The van der Waals surface area contributed by atoms with E-state index in [9.17, 15) is 19.5 Å². The van der Waals surface area contributed by atoms with Crippen LogP contribution in [0.4, 0.5) is 4.79 Å². The molecule has 2 aromatic rings. The van der Waals surface area contributed by atoms with Gasteiger partial charge in [0.15, 0.2) is 11.6 Å². The molecule has 2 heterocycles. The number of imide groups is 1. The zero-order valence-corrected chi connectivity index (χ0v) is 23.3. The summed E-state index contributed by atoms with van der Waals surface area (Å²) in [6.07, 6.45) is 2.80. The fourth-order valence-electron chi connectivity index (χ4n) is 5.07. The summed E-state index contributed by atoms with van der Waals surface area (Å²) >= 11 is 3.29. The molecule has 1 saturated heterocycles. The van der Waals surface area contributed by atoms with Gasteiger partial charge in [0.2, 0.25) is 5.91 Å². The normalized spacial score (nSPS) is 23.9. The summed E-state index contributed by atoms with van der Waals surface area (Å²) in [5.74, 6) is -3.89. The molecule has 0 spiro atoms. The van der Waals surface area contributed by atoms with Crippen molar-refractivity contribution < 1.29 is 34.1 Å². The zero-order valence-electron chi connectivity index (χ0n) is 21.7. The first-order chi connectivity index (χ1) is 18.8. The number of amides is 2. The quantitative estimate of drug-likeness (QED) is 0.349. The Labute approximate surface area is 236 Å². The third-order valence-corrected chi connectivity index (χ3v) is 8.01. The Kier molecular flexibility index (Phi) is 10.1. The number of hydrogen-bond donors (Lipinski definition) is 2. The van der Waals surface area contributed by atoms with E-state index in [-0.39, 0.29) is 30.5 Å². The fraction of sp³-hybridized carbons (Fsp3) is 0.433. The number of ether oxygens (including phenoxy) is 2. The topological polar surface area (TPSA) is 113 Å². The van der Waals surface area contributed by atoms with E-state index in [4.69, 9.17) is 14.6 Å². The largest absolute Gasteiger partial charge is 0.447 e. The van der Waals surface area contributed by atoms with Crippen LogP contribution in [0.25, 0.3) is 0 Å². The van der Waals surface area contributed by atoms with Gasteiger partial charge in [0.25, 0.3) is 0 Å². The van der Waals surface area contributed by atoms with E-state index in [1.54, 1.807) is 0 Å². The van der Waals surface area contributed by atoms with Crippen LogP contribution in [-0.4, -0.2) is 64.0 Å². The first-order valence-corrected chi connectivity index (χ1v) is 14.1. The van der Waals surface area contributed by atoms with Gasteiger partial charge in [-0.2, -0.15) is 0 Å². The highest BCUT2D eigenvalue weighted by Gasteiger charge is 2.49. The predicted octanol–water partition coefficient (Wildman–Crippen LogP) is 4.31. The summed E-state index contributed by atoms with van der Waals surface area (Å²) in [5, 5.41) is 20.4. The number of rotatable bonds is 12. The van der Waals surface area contributed by atoms with Crippen LogP contribution in [-0.2, 0) is 31.9 Å². The minimum Gasteiger partial charge on any atom is -0.447 e. The molecule has 2 amide bonds. The molecule has 208 valence electrons. The van der Waals surface area contributed by atoms with E-state index in [1.165, 1.54) is 6.08 Å². The Balaban J connectivity index is 1.60. The van der Waals surface area contributed by atoms with E-state index in [1.807, 2.05) is 60.7 Å². The summed E-state index contributed by atoms with van der Waals surface area (Å²) < 4.78 is 11.5. The Hall–Kier alpha value is -2.85. The molecule has 0 unspecified atom stereocenters. The molecule has 1 fully saturated rings. The second-order valence-corrected chi connectivity index (χ2v) is 10.9. The van der Waals surface area contributed by atoms with Crippen LogP contribution in [0.1, 0.15) is 43.2 Å². The number of benzene rings is 2. The van der Waals surface area contributed by atoms with Crippen molar-refractivity contribution in [3.05, 3.63) is 82.3 Å². The second-order valence-electron chi connectivity index (χ2n) is 10.0. The van der Waals surface area contributed by atoms with Crippen LogP contribution < -0.4 is 0 Å². The number of nitrogens with zero attached hydrogens (tertiary/aromatic N) is 1. The standard InChI is InChI=1S/C30H34BrNO7/c31-26-19-25(34)27(39-30(26,37)15-9-1-2-10-16-33)24(18-22-13-7-4-8-14-22)28(35)32-23(20-38-29(32)36)17-21-11-5-3-6-12-21/h3-8,11-14,19,23-24,27,33,37H,1-2,9-10,15-18,20H2/t23-,24-,27-,30+/m0/s1. The minimum absolute atomic E-state index is 0.0558. The Morgan fingerprint density at radius 3 is 2.31 bits per heavy atom. The molecule has 2 aliphatic heterocycles. The van der Waals surface area contributed by atoms with E-state index >= 15 is 0 Å². The van der Waals surface area contributed by atoms with E-state index in [0.29, 0.717) is 19.3 Å². The van der Waals surface area contributed by atoms with Gasteiger partial charge in [-0.05, 0) is 58.8 Å². The van der Waals surface area contributed by atoms with Crippen LogP contribution in [0.2, 0.25) is 0 Å². The number of carbonyl (C=O) groups excluding carboxylic acids is 3. The van der Waals surface area contributed by atoms with E-state index < -0.39 is 41.6 Å². The highest BCUT2D eigenvalue weighted by Crippen LogP contribution is 2.38. The summed E-state index contributed by atoms with van der Waals surface area (Å²) in [5.41, 5.74) is 1.74. The lowest BCUT2D eigenvalue weighted by atomic mass is 9.87. The van der Waals surface area contributed by atoms with E-state index in [0.717, 1.165) is 28.9 Å². The lowest BCUT2D eigenvalue weighted by Gasteiger charge is -2.38. The molecule has 2 N–H and O–H groups in total. The first kappa shape index (κ1) is 29.1. The molecule has 0 saturated carbocycles. The maximum atomic E-state index is 14.1. The van der Waals surface area contributed by atoms with Crippen LogP contribution >= 0.6 is 15.9 Å². The summed E-state index contributed by atoms with van der Waals surface area (Å²) in [6.45, 7) is 0.161. The van der Waals surface area contributed by atoms with Crippen molar-refractivity contribution >= 4 is 33.7 Å². The van der Waals surface area contributed by atoms with Crippen molar-refractivity contribution in [2.75, 3.05) is 13.2 Å². The van der Waals surface area contributed by atoms with Gasteiger partial charge in [-0.3, -0.25) is 9.59 Å². The van der Waals surface area contributed by atoms with Crippen molar-refractivity contribution in [2.45, 2.75) is 62.9 Å². The van der Waals surface area contributed by atoms with Crippen molar-refractivity contribution in [2.24, 2.45) is 5.92 Å². The van der Waals surface area contributed by atoms with Crippen molar-refractivity contribution in [3.63, 3.8) is 0 Å². The van der Waals surface area contributed by atoms with Gasteiger partial charge in [0.05, 0.1) is 16.4 Å². The smallest absolute Gasteiger partial charge is 0.416 e. The lowest BCUT2D eigenvalue weighted by molar-refractivity contribution is -0.218. The molecular weight excluding hydrogens is 566 g/mol. The number of ketones is 1.